The lowest BCUT2D eigenvalue weighted by atomic mass is 9.82. The number of hydrogen-bond donors (Lipinski definition) is 0. The fourth-order valence-electron chi connectivity index (χ4n) is 2.40. The van der Waals surface area contributed by atoms with Crippen molar-refractivity contribution in [3.05, 3.63) is 0 Å². The van der Waals surface area contributed by atoms with Gasteiger partial charge in [0.1, 0.15) is 0 Å². The van der Waals surface area contributed by atoms with Crippen LogP contribution in [0.1, 0.15) is 40.5 Å². The van der Waals surface area contributed by atoms with Crippen LogP contribution in [0.4, 0.5) is 4.79 Å². The van der Waals surface area contributed by atoms with Crippen molar-refractivity contribution in [3.8, 4) is 0 Å². The molecule has 0 radical (unpaired) electrons. The van der Waals surface area contributed by atoms with Crippen LogP contribution in [-0.2, 0) is 0 Å². The molecule has 2 nitrogen and oxygen atoms in total. The molecule has 0 aromatic rings. The normalized spacial score (nSPS) is 26.1. The summed E-state index contributed by atoms with van der Waals surface area (Å²) in [5, 5.41) is 0.266. The summed E-state index contributed by atoms with van der Waals surface area (Å²) >= 11 is 1.44. The zero-order valence-electron chi connectivity index (χ0n) is 10.4. The van der Waals surface area contributed by atoms with Crippen LogP contribution in [0.3, 0.4) is 0 Å². The summed E-state index contributed by atoms with van der Waals surface area (Å²) in [4.78, 5) is 13.8. The van der Waals surface area contributed by atoms with Crippen LogP contribution in [0.25, 0.3) is 0 Å². The fourth-order valence-corrected chi connectivity index (χ4v) is 2.99. The number of hydrogen-bond acceptors (Lipinski definition) is 2. The Labute approximate surface area is 97.8 Å². The van der Waals surface area contributed by atoms with Crippen LogP contribution < -0.4 is 0 Å². The second kappa shape index (κ2) is 5.24. The third kappa shape index (κ3) is 4.06. The molecule has 1 saturated heterocycles. The van der Waals surface area contributed by atoms with Crippen molar-refractivity contribution in [1.29, 1.82) is 0 Å². The third-order valence-corrected chi connectivity index (χ3v) is 3.81. The maximum absolute atomic E-state index is 11.8. The molecule has 15 heavy (non-hydrogen) atoms. The van der Waals surface area contributed by atoms with E-state index in [9.17, 15) is 4.79 Å². The molecule has 0 aliphatic carbocycles. The van der Waals surface area contributed by atoms with E-state index in [1.54, 1.807) is 0 Å². The number of amides is 1. The molecule has 0 bridgehead atoms. The van der Waals surface area contributed by atoms with E-state index in [1.807, 2.05) is 11.8 Å². The molecule has 3 heteroatoms. The number of thioether (sulfide) groups is 1. The molecule has 1 amide bonds. The minimum absolute atomic E-state index is 0.266. The van der Waals surface area contributed by atoms with Gasteiger partial charge in [-0.3, -0.25) is 4.79 Å². The average molecular weight is 229 g/mol. The van der Waals surface area contributed by atoms with Gasteiger partial charge in [0.15, 0.2) is 0 Å². The molecule has 1 unspecified atom stereocenters. The van der Waals surface area contributed by atoms with Crippen LogP contribution in [-0.4, -0.2) is 29.0 Å². The molecule has 1 heterocycles. The van der Waals surface area contributed by atoms with Crippen molar-refractivity contribution in [1.82, 2.24) is 4.90 Å². The second-order valence-corrected chi connectivity index (χ2v) is 6.58. The van der Waals surface area contributed by atoms with Gasteiger partial charge in [0.2, 0.25) is 0 Å². The minimum Gasteiger partial charge on any atom is -0.333 e. The largest absolute Gasteiger partial charge is 0.333 e. The molecule has 0 N–H and O–H groups in total. The van der Waals surface area contributed by atoms with E-state index in [4.69, 9.17) is 0 Å². The Hall–Kier alpha value is -0.180. The highest BCUT2D eigenvalue weighted by molar-refractivity contribution is 8.13. The van der Waals surface area contributed by atoms with Crippen LogP contribution in [0, 0.1) is 11.3 Å². The van der Waals surface area contributed by atoms with Crippen LogP contribution in [0.15, 0.2) is 0 Å². The van der Waals surface area contributed by atoms with Gasteiger partial charge in [-0.25, -0.2) is 0 Å². The van der Waals surface area contributed by atoms with Gasteiger partial charge in [0.05, 0.1) is 0 Å². The molecular weight excluding hydrogens is 206 g/mol. The van der Waals surface area contributed by atoms with Crippen molar-refractivity contribution in [2.24, 2.45) is 11.3 Å². The Morgan fingerprint density at radius 2 is 2.20 bits per heavy atom. The topological polar surface area (TPSA) is 20.3 Å². The first-order chi connectivity index (χ1) is 6.94. The van der Waals surface area contributed by atoms with Crippen LogP contribution in [0.5, 0.6) is 0 Å². The molecule has 88 valence electrons. The Kier molecular flexibility index (Phi) is 4.50. The summed E-state index contributed by atoms with van der Waals surface area (Å²) in [6.45, 7) is 10.8. The summed E-state index contributed by atoms with van der Waals surface area (Å²) in [5.41, 5.74) is 0.394. The van der Waals surface area contributed by atoms with Crippen molar-refractivity contribution >= 4 is 17.0 Å². The van der Waals surface area contributed by atoms with Gasteiger partial charge in [-0.15, -0.1) is 0 Å². The first kappa shape index (κ1) is 12.9. The zero-order chi connectivity index (χ0) is 11.5. The lowest BCUT2D eigenvalue weighted by molar-refractivity contribution is 0.218. The van der Waals surface area contributed by atoms with Crippen molar-refractivity contribution in [3.63, 3.8) is 0 Å². The van der Waals surface area contributed by atoms with Crippen molar-refractivity contribution in [2.75, 3.05) is 18.8 Å². The molecule has 1 rings (SSSR count). The van der Waals surface area contributed by atoms with Crippen LogP contribution >= 0.6 is 11.8 Å². The maximum atomic E-state index is 11.8. The van der Waals surface area contributed by atoms with E-state index in [-0.39, 0.29) is 5.24 Å². The maximum Gasteiger partial charge on any atom is 0.281 e. The molecule has 1 aliphatic heterocycles. The summed E-state index contributed by atoms with van der Waals surface area (Å²) < 4.78 is 0. The number of carbonyl (C=O) groups excluding carboxylic acids is 1. The second-order valence-electron chi connectivity index (χ2n) is 5.37. The average Bonchev–Trinajstić information content (AvgIpc) is 2.23. The lowest BCUT2D eigenvalue weighted by Gasteiger charge is -2.23. The lowest BCUT2D eigenvalue weighted by Crippen LogP contribution is -2.31. The molecule has 1 aliphatic rings. The molecule has 0 aromatic carbocycles. The number of carbonyl (C=O) groups is 1. The quantitative estimate of drug-likeness (QED) is 0.684. The third-order valence-electron chi connectivity index (χ3n) is 3.02. The van der Waals surface area contributed by atoms with E-state index < -0.39 is 0 Å². The number of rotatable bonds is 1. The predicted octanol–water partition coefficient (Wildman–Crippen LogP) is 3.62. The highest BCUT2D eigenvalue weighted by Gasteiger charge is 2.29. The first-order valence-corrected chi connectivity index (χ1v) is 6.85. The standard InChI is InChI=1S/C12H23NOS/c1-5-15-11(14)13-7-6-12(3,4)8-10(2)9-13/h10H,5-9H2,1-4H3. The molecular formula is C12H23NOS. The Morgan fingerprint density at radius 3 is 2.80 bits per heavy atom. The highest BCUT2D eigenvalue weighted by Crippen LogP contribution is 2.33. The van der Waals surface area contributed by atoms with Gasteiger partial charge in [-0.2, -0.15) is 0 Å². The summed E-state index contributed by atoms with van der Waals surface area (Å²) in [6.07, 6.45) is 2.36. The van der Waals surface area contributed by atoms with E-state index in [0.29, 0.717) is 11.3 Å². The van der Waals surface area contributed by atoms with E-state index in [1.165, 1.54) is 18.2 Å². The smallest absolute Gasteiger partial charge is 0.281 e. The van der Waals surface area contributed by atoms with Gasteiger partial charge < -0.3 is 4.90 Å². The molecule has 0 aromatic heterocycles. The molecule has 1 fully saturated rings. The highest BCUT2D eigenvalue weighted by atomic mass is 32.2. The Morgan fingerprint density at radius 1 is 1.53 bits per heavy atom. The Bertz CT molecular complexity index is 228. The number of nitrogens with zero attached hydrogens (tertiary/aromatic N) is 1. The molecule has 0 saturated carbocycles. The van der Waals surface area contributed by atoms with Gasteiger partial charge in [0, 0.05) is 13.1 Å². The monoisotopic (exact) mass is 229 g/mol. The first-order valence-electron chi connectivity index (χ1n) is 5.86. The van der Waals surface area contributed by atoms with E-state index in [0.717, 1.165) is 25.3 Å². The fraction of sp³-hybridized carbons (Fsp3) is 0.917. The summed E-state index contributed by atoms with van der Waals surface area (Å²) in [7, 11) is 0. The van der Waals surface area contributed by atoms with E-state index in [2.05, 4.69) is 20.8 Å². The van der Waals surface area contributed by atoms with Gasteiger partial charge >= 0.3 is 0 Å². The Balaban J connectivity index is 2.58. The van der Waals surface area contributed by atoms with Crippen LogP contribution in [0.2, 0.25) is 0 Å². The molecule has 1 atom stereocenters. The summed E-state index contributed by atoms with van der Waals surface area (Å²) in [5.74, 6) is 1.51. The zero-order valence-corrected chi connectivity index (χ0v) is 11.2. The minimum atomic E-state index is 0.266. The SMILES string of the molecule is CCSC(=O)N1CCC(C)(C)CC(C)C1. The summed E-state index contributed by atoms with van der Waals surface area (Å²) in [6, 6.07) is 0. The van der Waals surface area contributed by atoms with Gasteiger partial charge in [-0.05, 0) is 29.9 Å². The van der Waals surface area contributed by atoms with Crippen molar-refractivity contribution < 1.29 is 4.79 Å². The number of likely N-dealkylation sites (tertiary alicyclic amines) is 1. The van der Waals surface area contributed by atoms with Crippen molar-refractivity contribution in [2.45, 2.75) is 40.5 Å². The molecule has 0 spiro atoms. The van der Waals surface area contributed by atoms with E-state index >= 15 is 0 Å². The predicted molar refractivity (Wildman–Crippen MR) is 67.3 cm³/mol. The van der Waals surface area contributed by atoms with Gasteiger partial charge in [0.25, 0.3) is 5.24 Å². The van der Waals surface area contributed by atoms with Gasteiger partial charge in [-0.1, -0.05) is 39.5 Å².